The second kappa shape index (κ2) is 7.07. The van der Waals surface area contributed by atoms with Gasteiger partial charge in [0.2, 0.25) is 0 Å². The lowest BCUT2D eigenvalue weighted by Gasteiger charge is -2.18. The van der Waals surface area contributed by atoms with Crippen LogP contribution in [0.15, 0.2) is 18.2 Å². The zero-order valence-corrected chi connectivity index (χ0v) is 11.0. The zero-order chi connectivity index (χ0) is 14.5. The number of ether oxygens (including phenoxy) is 1. The average molecular weight is 300 g/mol. The summed E-state index contributed by atoms with van der Waals surface area (Å²) in [7, 11) is 1.59. The molecule has 19 heavy (non-hydrogen) atoms. The molecule has 7 heteroatoms. The van der Waals surface area contributed by atoms with Crippen molar-refractivity contribution in [1.82, 2.24) is 5.32 Å². The molecule has 0 aromatic heterocycles. The summed E-state index contributed by atoms with van der Waals surface area (Å²) in [4.78, 5) is 0. The minimum absolute atomic E-state index is 0.0152. The van der Waals surface area contributed by atoms with E-state index in [4.69, 9.17) is 11.6 Å². The predicted octanol–water partition coefficient (Wildman–Crippen LogP) is 3.19. The standard InChI is InChI=1S/C12H14ClF4NO/c1-18-9(6-19-7-12(15,16)17)5-8-3-2-4-10(14)11(8)13/h2-4,9,18H,5-7H2,1H3. The highest BCUT2D eigenvalue weighted by atomic mass is 35.5. The highest BCUT2D eigenvalue weighted by Crippen LogP contribution is 2.21. The number of hydrogen-bond donors (Lipinski definition) is 1. The van der Waals surface area contributed by atoms with E-state index in [0.717, 1.165) is 0 Å². The van der Waals surface area contributed by atoms with Gasteiger partial charge in [0.25, 0.3) is 0 Å². The Labute approximate surface area is 113 Å². The van der Waals surface area contributed by atoms with Gasteiger partial charge in [-0.1, -0.05) is 23.7 Å². The molecule has 0 amide bonds. The second-order valence-electron chi connectivity index (χ2n) is 4.03. The molecule has 0 aliphatic carbocycles. The van der Waals surface area contributed by atoms with Gasteiger partial charge in [-0.2, -0.15) is 13.2 Å². The van der Waals surface area contributed by atoms with E-state index in [1.54, 1.807) is 13.1 Å². The van der Waals surface area contributed by atoms with Gasteiger partial charge in [0.05, 0.1) is 11.6 Å². The lowest BCUT2D eigenvalue weighted by atomic mass is 10.1. The zero-order valence-electron chi connectivity index (χ0n) is 10.2. The third-order valence-corrected chi connectivity index (χ3v) is 2.91. The van der Waals surface area contributed by atoms with Crippen molar-refractivity contribution in [2.45, 2.75) is 18.6 Å². The van der Waals surface area contributed by atoms with Crippen molar-refractivity contribution in [3.05, 3.63) is 34.6 Å². The number of alkyl halides is 3. The van der Waals surface area contributed by atoms with E-state index >= 15 is 0 Å². The van der Waals surface area contributed by atoms with Crippen LogP contribution in [0.2, 0.25) is 5.02 Å². The minimum Gasteiger partial charge on any atom is -0.370 e. The smallest absolute Gasteiger partial charge is 0.370 e. The summed E-state index contributed by atoms with van der Waals surface area (Å²) >= 11 is 5.78. The number of benzene rings is 1. The SMILES string of the molecule is CNC(COCC(F)(F)F)Cc1cccc(F)c1Cl. The first-order valence-electron chi connectivity index (χ1n) is 5.58. The highest BCUT2D eigenvalue weighted by molar-refractivity contribution is 6.31. The first-order valence-corrected chi connectivity index (χ1v) is 5.96. The van der Waals surface area contributed by atoms with Crippen LogP contribution in [0.1, 0.15) is 5.56 Å². The van der Waals surface area contributed by atoms with E-state index in [9.17, 15) is 17.6 Å². The summed E-state index contributed by atoms with van der Waals surface area (Å²) in [6.45, 7) is -1.44. The van der Waals surface area contributed by atoms with E-state index in [2.05, 4.69) is 10.1 Å². The van der Waals surface area contributed by atoms with Crippen LogP contribution in [0.25, 0.3) is 0 Å². The van der Waals surface area contributed by atoms with Crippen LogP contribution in [0, 0.1) is 5.82 Å². The summed E-state index contributed by atoms with van der Waals surface area (Å²) in [5.41, 5.74) is 0.525. The molecule has 0 spiro atoms. The van der Waals surface area contributed by atoms with Crippen molar-refractivity contribution >= 4 is 11.6 Å². The number of likely N-dealkylation sites (N-methyl/N-ethyl adjacent to an activating group) is 1. The average Bonchev–Trinajstić information content (AvgIpc) is 2.32. The number of nitrogens with one attached hydrogen (secondary N) is 1. The van der Waals surface area contributed by atoms with Crippen LogP contribution in [0.4, 0.5) is 17.6 Å². The number of halogens is 5. The quantitative estimate of drug-likeness (QED) is 0.815. The number of rotatable bonds is 6. The molecule has 1 unspecified atom stereocenters. The fourth-order valence-corrected chi connectivity index (χ4v) is 1.74. The van der Waals surface area contributed by atoms with E-state index < -0.39 is 18.6 Å². The van der Waals surface area contributed by atoms with E-state index in [1.165, 1.54) is 12.1 Å². The second-order valence-corrected chi connectivity index (χ2v) is 4.41. The maximum Gasteiger partial charge on any atom is 0.411 e. The van der Waals surface area contributed by atoms with Gasteiger partial charge in [-0.05, 0) is 25.1 Å². The molecule has 1 aromatic carbocycles. The van der Waals surface area contributed by atoms with Crippen LogP contribution in [-0.2, 0) is 11.2 Å². The van der Waals surface area contributed by atoms with Crippen molar-refractivity contribution in [2.75, 3.05) is 20.3 Å². The Morgan fingerprint density at radius 3 is 2.63 bits per heavy atom. The highest BCUT2D eigenvalue weighted by Gasteiger charge is 2.27. The maximum absolute atomic E-state index is 13.2. The van der Waals surface area contributed by atoms with Gasteiger partial charge in [0, 0.05) is 6.04 Å². The first-order chi connectivity index (χ1) is 8.83. The predicted molar refractivity (Wildman–Crippen MR) is 64.8 cm³/mol. The maximum atomic E-state index is 13.2. The van der Waals surface area contributed by atoms with Gasteiger partial charge in [0.15, 0.2) is 0 Å². The Hall–Kier alpha value is -0.850. The lowest BCUT2D eigenvalue weighted by Crippen LogP contribution is -2.34. The molecule has 2 nitrogen and oxygen atoms in total. The minimum atomic E-state index is -4.35. The summed E-state index contributed by atoms with van der Waals surface area (Å²) in [5.74, 6) is -0.551. The monoisotopic (exact) mass is 299 g/mol. The normalized spacial score (nSPS) is 13.6. The van der Waals surface area contributed by atoms with Crippen LogP contribution in [0.5, 0.6) is 0 Å². The van der Waals surface area contributed by atoms with E-state index in [1.807, 2.05) is 0 Å². The topological polar surface area (TPSA) is 21.3 Å². The van der Waals surface area contributed by atoms with Crippen LogP contribution in [-0.4, -0.2) is 32.5 Å². The summed E-state index contributed by atoms with van der Waals surface area (Å²) in [6, 6.07) is 3.97. The summed E-state index contributed by atoms with van der Waals surface area (Å²) < 4.78 is 53.6. The van der Waals surface area contributed by atoms with Gasteiger partial charge in [0.1, 0.15) is 12.4 Å². The molecule has 0 fully saturated rings. The molecule has 108 valence electrons. The Morgan fingerprint density at radius 2 is 2.05 bits per heavy atom. The molecule has 1 aromatic rings. The van der Waals surface area contributed by atoms with Crippen molar-refractivity contribution in [1.29, 1.82) is 0 Å². The van der Waals surface area contributed by atoms with Crippen molar-refractivity contribution in [3.63, 3.8) is 0 Å². The molecule has 0 saturated carbocycles. The molecule has 1 N–H and O–H groups in total. The Kier molecular flexibility index (Phi) is 6.03. The Bertz CT molecular complexity index is 411. The molecule has 0 heterocycles. The summed E-state index contributed by atoms with van der Waals surface area (Å²) in [6.07, 6.45) is -4.07. The molecule has 1 rings (SSSR count). The Morgan fingerprint density at radius 1 is 1.37 bits per heavy atom. The van der Waals surface area contributed by atoms with Crippen molar-refractivity contribution in [2.24, 2.45) is 0 Å². The van der Waals surface area contributed by atoms with Crippen LogP contribution < -0.4 is 5.32 Å². The van der Waals surface area contributed by atoms with Gasteiger partial charge >= 0.3 is 6.18 Å². The summed E-state index contributed by atoms with van der Waals surface area (Å²) in [5, 5.41) is 2.79. The molecule has 0 bridgehead atoms. The molecule has 0 aliphatic heterocycles. The third-order valence-electron chi connectivity index (χ3n) is 2.49. The molecular formula is C12H14ClF4NO. The molecule has 0 radical (unpaired) electrons. The fourth-order valence-electron chi connectivity index (χ4n) is 1.53. The van der Waals surface area contributed by atoms with Gasteiger partial charge in [-0.25, -0.2) is 4.39 Å². The largest absolute Gasteiger partial charge is 0.411 e. The van der Waals surface area contributed by atoms with Gasteiger partial charge in [-0.15, -0.1) is 0 Å². The van der Waals surface area contributed by atoms with Crippen molar-refractivity contribution < 1.29 is 22.3 Å². The molecule has 0 saturated heterocycles. The molecular weight excluding hydrogens is 286 g/mol. The molecule has 0 aliphatic rings. The molecule has 1 atom stereocenters. The van der Waals surface area contributed by atoms with Crippen LogP contribution in [0.3, 0.4) is 0 Å². The van der Waals surface area contributed by atoms with Gasteiger partial charge in [-0.3, -0.25) is 0 Å². The van der Waals surface area contributed by atoms with Crippen molar-refractivity contribution in [3.8, 4) is 0 Å². The first kappa shape index (κ1) is 16.2. The Balaban J connectivity index is 2.55. The van der Waals surface area contributed by atoms with E-state index in [0.29, 0.717) is 5.56 Å². The lowest BCUT2D eigenvalue weighted by molar-refractivity contribution is -0.175. The van der Waals surface area contributed by atoms with Crippen LogP contribution >= 0.6 is 11.6 Å². The number of hydrogen-bond acceptors (Lipinski definition) is 2. The fraction of sp³-hybridized carbons (Fsp3) is 0.500. The van der Waals surface area contributed by atoms with Gasteiger partial charge < -0.3 is 10.1 Å². The third kappa shape index (κ3) is 5.76. The van der Waals surface area contributed by atoms with E-state index in [-0.39, 0.29) is 24.1 Å².